The molecule has 0 saturated carbocycles. The molecule has 3 nitrogen and oxygen atoms in total. The van der Waals surface area contributed by atoms with Gasteiger partial charge in [-0.25, -0.2) is 8.42 Å². The van der Waals surface area contributed by atoms with E-state index < -0.39 is 20.2 Å². The van der Waals surface area contributed by atoms with E-state index in [0.717, 1.165) is 6.07 Å². The zero-order valence-corrected chi connectivity index (χ0v) is 11.0. The third kappa shape index (κ3) is 3.56. The van der Waals surface area contributed by atoms with E-state index in [1.165, 1.54) is 18.2 Å². The van der Waals surface area contributed by atoms with E-state index in [1.807, 2.05) is 0 Å². The van der Waals surface area contributed by atoms with E-state index in [4.69, 9.17) is 0 Å². The topological polar surface area (TPSA) is 51.2 Å². The predicted molar refractivity (Wildman–Crippen MR) is 63.3 cm³/mol. The molecule has 0 atom stereocenters. The maximum absolute atomic E-state index is 12.5. The van der Waals surface area contributed by atoms with Crippen molar-refractivity contribution >= 4 is 15.6 Å². The molecule has 106 valence electrons. The molecule has 0 aliphatic rings. The molecule has 1 aromatic rings. The van der Waals surface area contributed by atoms with Gasteiger partial charge in [0.25, 0.3) is 9.84 Å². The minimum absolute atomic E-state index is 0.113. The molecule has 0 amide bonds. The van der Waals surface area contributed by atoms with E-state index in [9.17, 15) is 26.4 Å². The van der Waals surface area contributed by atoms with Gasteiger partial charge in [0.1, 0.15) is 5.78 Å². The van der Waals surface area contributed by atoms with E-state index in [-0.39, 0.29) is 24.2 Å². The molecule has 0 saturated heterocycles. The first kappa shape index (κ1) is 15.7. The Morgan fingerprint density at radius 2 is 1.79 bits per heavy atom. The molecule has 0 aromatic heterocycles. The van der Waals surface area contributed by atoms with Crippen LogP contribution in [0.25, 0.3) is 0 Å². The van der Waals surface area contributed by atoms with Gasteiger partial charge in [-0.2, -0.15) is 13.2 Å². The van der Waals surface area contributed by atoms with Crippen LogP contribution >= 0.6 is 0 Å². The summed E-state index contributed by atoms with van der Waals surface area (Å²) in [4.78, 5) is 10.6. The number of alkyl halides is 3. The van der Waals surface area contributed by atoms with Crippen molar-refractivity contribution in [3.63, 3.8) is 0 Å². The van der Waals surface area contributed by atoms with Crippen molar-refractivity contribution in [1.82, 2.24) is 0 Å². The summed E-state index contributed by atoms with van der Waals surface area (Å²) in [6.07, 6.45) is 0.465. The lowest BCUT2D eigenvalue weighted by Crippen LogP contribution is -2.24. The lowest BCUT2D eigenvalue weighted by molar-refractivity contribution is -0.118. The van der Waals surface area contributed by atoms with E-state index in [1.54, 1.807) is 6.92 Å². The van der Waals surface area contributed by atoms with Gasteiger partial charge in [0.15, 0.2) is 0 Å². The van der Waals surface area contributed by atoms with E-state index in [2.05, 4.69) is 0 Å². The standard InChI is InChI=1S/C12H13F3O3S/c1-2-5-10(16)8-9-6-3-4-7-11(9)19(17,18)12(13,14)15/h3-4,6-7H,2,5,8H2,1H3. The van der Waals surface area contributed by atoms with Gasteiger partial charge in [0.05, 0.1) is 4.90 Å². The Hall–Kier alpha value is -1.37. The fraction of sp³-hybridized carbons (Fsp3) is 0.417. The molecule has 0 radical (unpaired) electrons. The van der Waals surface area contributed by atoms with Crippen LogP contribution in [0.4, 0.5) is 13.2 Å². The Kier molecular flexibility index (Phi) is 4.73. The summed E-state index contributed by atoms with van der Waals surface area (Å²) in [6, 6.07) is 4.71. The largest absolute Gasteiger partial charge is 0.501 e. The first-order chi connectivity index (χ1) is 8.70. The third-order valence-corrected chi connectivity index (χ3v) is 4.07. The van der Waals surface area contributed by atoms with Crippen LogP contribution in [0.1, 0.15) is 25.3 Å². The Balaban J connectivity index is 3.21. The van der Waals surface area contributed by atoms with Gasteiger partial charge in [-0.05, 0) is 18.1 Å². The van der Waals surface area contributed by atoms with E-state index >= 15 is 0 Å². The molecule has 7 heteroatoms. The average molecular weight is 294 g/mol. The number of carbonyl (C=O) groups excluding carboxylic acids is 1. The average Bonchev–Trinajstić information content (AvgIpc) is 2.28. The lowest BCUT2D eigenvalue weighted by Gasteiger charge is -2.12. The molecule has 0 fully saturated rings. The smallest absolute Gasteiger partial charge is 0.299 e. The van der Waals surface area contributed by atoms with Crippen molar-refractivity contribution in [3.8, 4) is 0 Å². The molecule has 1 aromatic carbocycles. The first-order valence-electron chi connectivity index (χ1n) is 5.61. The molecule has 0 aliphatic carbocycles. The molecule has 1 rings (SSSR count). The summed E-state index contributed by atoms with van der Waals surface area (Å²) in [5, 5.41) is 0. The van der Waals surface area contributed by atoms with Crippen LogP contribution in [0.3, 0.4) is 0 Å². The van der Waals surface area contributed by atoms with Crippen molar-refractivity contribution in [2.45, 2.75) is 36.6 Å². The van der Waals surface area contributed by atoms with Gasteiger partial charge in [-0.3, -0.25) is 4.79 Å². The molecular weight excluding hydrogens is 281 g/mol. The molecule has 0 heterocycles. The van der Waals surface area contributed by atoms with Crippen LogP contribution in [0.2, 0.25) is 0 Å². The fourth-order valence-corrected chi connectivity index (χ4v) is 2.61. The molecule has 0 bridgehead atoms. The van der Waals surface area contributed by atoms with E-state index in [0.29, 0.717) is 6.42 Å². The SMILES string of the molecule is CCCC(=O)Cc1ccccc1S(=O)(=O)C(F)(F)F. The maximum Gasteiger partial charge on any atom is 0.501 e. The summed E-state index contributed by atoms with van der Waals surface area (Å²) in [5.41, 5.74) is -5.48. The van der Waals surface area contributed by atoms with Crippen molar-refractivity contribution in [3.05, 3.63) is 29.8 Å². The Labute approximate surface area is 109 Å². The zero-order chi connectivity index (χ0) is 14.7. The van der Waals surface area contributed by atoms with Crippen molar-refractivity contribution in [1.29, 1.82) is 0 Å². The van der Waals surface area contributed by atoms with Crippen LogP contribution in [-0.2, 0) is 21.1 Å². The monoisotopic (exact) mass is 294 g/mol. The second-order valence-electron chi connectivity index (χ2n) is 4.02. The molecular formula is C12H13F3O3S. The summed E-state index contributed by atoms with van der Waals surface area (Å²) in [6.45, 7) is 1.76. The van der Waals surface area contributed by atoms with Crippen LogP contribution in [-0.4, -0.2) is 19.7 Å². The van der Waals surface area contributed by atoms with Gasteiger partial charge in [0, 0.05) is 12.8 Å². The highest BCUT2D eigenvalue weighted by Crippen LogP contribution is 2.32. The number of hydrogen-bond donors (Lipinski definition) is 0. The van der Waals surface area contributed by atoms with Gasteiger partial charge >= 0.3 is 5.51 Å². The normalized spacial score (nSPS) is 12.4. The summed E-state index contributed by atoms with van der Waals surface area (Å²) >= 11 is 0. The van der Waals surface area contributed by atoms with Crippen LogP contribution in [0.5, 0.6) is 0 Å². The summed E-state index contributed by atoms with van der Waals surface area (Å²) in [5.74, 6) is -0.285. The second-order valence-corrected chi connectivity index (χ2v) is 5.93. The van der Waals surface area contributed by atoms with Crippen LogP contribution < -0.4 is 0 Å². The van der Waals surface area contributed by atoms with Crippen molar-refractivity contribution in [2.75, 3.05) is 0 Å². The number of hydrogen-bond acceptors (Lipinski definition) is 3. The highest BCUT2D eigenvalue weighted by molar-refractivity contribution is 7.92. The highest BCUT2D eigenvalue weighted by atomic mass is 32.2. The number of Topliss-reactive ketones (excluding diaryl/α,β-unsaturated/α-hetero) is 1. The molecule has 0 unspecified atom stereocenters. The summed E-state index contributed by atoms with van der Waals surface area (Å²) < 4.78 is 60.3. The van der Waals surface area contributed by atoms with Gasteiger partial charge in [0.2, 0.25) is 0 Å². The summed E-state index contributed by atoms with van der Waals surface area (Å²) in [7, 11) is -5.42. The number of benzene rings is 1. The number of rotatable bonds is 5. The number of ketones is 1. The number of sulfone groups is 1. The van der Waals surface area contributed by atoms with Crippen LogP contribution in [0, 0.1) is 0 Å². The van der Waals surface area contributed by atoms with Crippen LogP contribution in [0.15, 0.2) is 29.2 Å². The minimum atomic E-state index is -5.42. The lowest BCUT2D eigenvalue weighted by atomic mass is 10.1. The van der Waals surface area contributed by atoms with Gasteiger partial charge in [-0.15, -0.1) is 0 Å². The van der Waals surface area contributed by atoms with Gasteiger partial charge < -0.3 is 0 Å². The Morgan fingerprint density at radius 1 is 1.21 bits per heavy atom. The quantitative estimate of drug-likeness (QED) is 0.839. The molecule has 19 heavy (non-hydrogen) atoms. The minimum Gasteiger partial charge on any atom is -0.299 e. The fourth-order valence-electron chi connectivity index (χ4n) is 1.62. The number of carbonyl (C=O) groups is 1. The van der Waals surface area contributed by atoms with Crippen molar-refractivity contribution in [2.24, 2.45) is 0 Å². The Bertz CT molecular complexity index is 562. The Morgan fingerprint density at radius 3 is 2.32 bits per heavy atom. The number of halogens is 3. The maximum atomic E-state index is 12.5. The van der Waals surface area contributed by atoms with Crippen molar-refractivity contribution < 1.29 is 26.4 Å². The predicted octanol–water partition coefficient (Wildman–Crippen LogP) is 2.89. The third-order valence-electron chi connectivity index (χ3n) is 2.48. The van der Waals surface area contributed by atoms with Gasteiger partial charge in [-0.1, -0.05) is 25.1 Å². The zero-order valence-electron chi connectivity index (χ0n) is 10.2. The highest BCUT2D eigenvalue weighted by Gasteiger charge is 2.47. The molecule has 0 N–H and O–H groups in total. The molecule has 0 spiro atoms. The second kappa shape index (κ2) is 5.73. The first-order valence-corrected chi connectivity index (χ1v) is 7.09. The molecule has 0 aliphatic heterocycles.